The van der Waals surface area contributed by atoms with E-state index in [-0.39, 0.29) is 6.10 Å². The summed E-state index contributed by atoms with van der Waals surface area (Å²) in [6.07, 6.45) is 4.27. The Kier molecular flexibility index (Phi) is 6.86. The van der Waals surface area contributed by atoms with Gasteiger partial charge in [0.25, 0.3) is 0 Å². The molecule has 0 saturated carbocycles. The second kappa shape index (κ2) is 8.15. The molecule has 1 aromatic carbocycles. The molecule has 0 N–H and O–H groups in total. The van der Waals surface area contributed by atoms with Crippen LogP contribution in [0.1, 0.15) is 55.5 Å². The first-order valence-electron chi connectivity index (χ1n) is 7.08. The number of hydrogen-bond donors (Lipinski definition) is 0. The molecule has 0 bridgehead atoms. The van der Waals surface area contributed by atoms with Crippen molar-refractivity contribution in [2.24, 2.45) is 0 Å². The van der Waals surface area contributed by atoms with Crippen LogP contribution in [-0.2, 0) is 4.74 Å². The quantitative estimate of drug-likeness (QED) is 0.679. The molecule has 0 heterocycles. The lowest BCUT2D eigenvalue weighted by atomic mass is 10.1. The Morgan fingerprint density at radius 1 is 1.25 bits per heavy atom. The van der Waals surface area contributed by atoms with Crippen LogP contribution in [-0.4, -0.2) is 19.2 Å². The molecule has 0 aliphatic rings. The Morgan fingerprint density at radius 3 is 2.35 bits per heavy atom. The van der Waals surface area contributed by atoms with E-state index in [9.17, 15) is 4.79 Å². The van der Waals surface area contributed by atoms with Crippen molar-refractivity contribution in [3.05, 3.63) is 28.3 Å². The van der Waals surface area contributed by atoms with Gasteiger partial charge in [-0.05, 0) is 31.9 Å². The van der Waals surface area contributed by atoms with Crippen LogP contribution < -0.4 is 4.74 Å². The predicted molar refractivity (Wildman–Crippen MR) is 81.8 cm³/mol. The number of ether oxygens (including phenoxy) is 2. The van der Waals surface area contributed by atoms with Gasteiger partial charge in [0.2, 0.25) is 0 Å². The summed E-state index contributed by atoms with van der Waals surface area (Å²) in [5.74, 6) is 0.280. The summed E-state index contributed by atoms with van der Waals surface area (Å²) in [6.45, 7) is 6.13. The van der Waals surface area contributed by atoms with E-state index in [4.69, 9.17) is 21.1 Å². The first-order chi connectivity index (χ1) is 9.53. The lowest BCUT2D eigenvalue weighted by molar-refractivity contribution is 0.0598. The summed E-state index contributed by atoms with van der Waals surface area (Å²) in [4.78, 5) is 11.7. The van der Waals surface area contributed by atoms with Gasteiger partial charge in [-0.25, -0.2) is 4.79 Å². The molecular formula is C16H23ClO3. The maximum Gasteiger partial charge on any atom is 0.338 e. The molecule has 0 aliphatic carbocycles. The fourth-order valence-corrected chi connectivity index (χ4v) is 2.39. The van der Waals surface area contributed by atoms with Gasteiger partial charge in [0, 0.05) is 10.6 Å². The van der Waals surface area contributed by atoms with Crippen LogP contribution in [0.3, 0.4) is 0 Å². The Balaban J connectivity index is 3.04. The van der Waals surface area contributed by atoms with E-state index >= 15 is 0 Å². The van der Waals surface area contributed by atoms with Gasteiger partial charge >= 0.3 is 5.97 Å². The van der Waals surface area contributed by atoms with Gasteiger partial charge in [-0.2, -0.15) is 0 Å². The van der Waals surface area contributed by atoms with Crippen LogP contribution in [0.25, 0.3) is 0 Å². The maximum absolute atomic E-state index is 11.7. The molecule has 20 heavy (non-hydrogen) atoms. The summed E-state index contributed by atoms with van der Waals surface area (Å²) in [7, 11) is 1.36. The number of carbonyl (C=O) groups excluding carboxylic acids is 1. The first kappa shape index (κ1) is 16.8. The summed E-state index contributed by atoms with van der Waals surface area (Å²) in [5.41, 5.74) is 1.24. The van der Waals surface area contributed by atoms with Crippen LogP contribution in [0.2, 0.25) is 5.02 Å². The van der Waals surface area contributed by atoms with Gasteiger partial charge < -0.3 is 9.47 Å². The van der Waals surface area contributed by atoms with E-state index < -0.39 is 5.97 Å². The Morgan fingerprint density at radius 2 is 1.85 bits per heavy atom. The molecule has 0 spiro atoms. The van der Waals surface area contributed by atoms with Crippen molar-refractivity contribution in [3.63, 3.8) is 0 Å². The molecule has 0 atom stereocenters. The Bertz CT molecular complexity index is 451. The van der Waals surface area contributed by atoms with Crippen LogP contribution in [0.4, 0.5) is 0 Å². The summed E-state index contributed by atoms with van der Waals surface area (Å²) in [6, 6.07) is 3.38. The second-order valence-electron chi connectivity index (χ2n) is 4.89. The number of methoxy groups -OCH3 is 1. The highest BCUT2D eigenvalue weighted by molar-refractivity contribution is 6.31. The SMILES string of the molecule is CCCC(CCC)Oc1cc(Cl)cc(C(=O)OC)c1C. The highest BCUT2D eigenvalue weighted by Gasteiger charge is 2.17. The molecule has 3 nitrogen and oxygen atoms in total. The number of carbonyl (C=O) groups is 1. The van der Waals surface area contributed by atoms with Gasteiger partial charge in [0.15, 0.2) is 0 Å². The number of esters is 1. The van der Waals surface area contributed by atoms with Crippen molar-refractivity contribution in [1.29, 1.82) is 0 Å². The largest absolute Gasteiger partial charge is 0.490 e. The second-order valence-corrected chi connectivity index (χ2v) is 5.32. The Labute approximate surface area is 126 Å². The molecule has 1 aromatic rings. The molecule has 0 aromatic heterocycles. The van der Waals surface area contributed by atoms with Crippen LogP contribution >= 0.6 is 11.6 Å². The fourth-order valence-electron chi connectivity index (χ4n) is 2.18. The smallest absolute Gasteiger partial charge is 0.338 e. The van der Waals surface area contributed by atoms with E-state index in [0.29, 0.717) is 16.3 Å². The van der Waals surface area contributed by atoms with Gasteiger partial charge in [0.05, 0.1) is 18.8 Å². The average Bonchev–Trinajstić information content (AvgIpc) is 2.42. The van der Waals surface area contributed by atoms with Crippen molar-refractivity contribution < 1.29 is 14.3 Å². The van der Waals surface area contributed by atoms with Crippen LogP contribution in [0.5, 0.6) is 5.75 Å². The van der Waals surface area contributed by atoms with Crippen LogP contribution in [0.15, 0.2) is 12.1 Å². The number of benzene rings is 1. The van der Waals surface area contributed by atoms with E-state index in [1.54, 1.807) is 12.1 Å². The lowest BCUT2D eigenvalue weighted by Gasteiger charge is -2.20. The zero-order valence-corrected chi connectivity index (χ0v) is 13.4. The normalized spacial score (nSPS) is 10.7. The molecule has 0 amide bonds. The van der Waals surface area contributed by atoms with Gasteiger partial charge in [-0.3, -0.25) is 0 Å². The zero-order valence-electron chi connectivity index (χ0n) is 12.7. The van der Waals surface area contributed by atoms with Gasteiger partial charge in [0.1, 0.15) is 5.75 Å². The number of hydrogen-bond acceptors (Lipinski definition) is 3. The fraction of sp³-hybridized carbons (Fsp3) is 0.562. The van der Waals surface area contributed by atoms with E-state index in [1.165, 1.54) is 7.11 Å². The standard InChI is InChI=1S/C16H23ClO3/c1-5-7-13(8-6-2)20-15-10-12(17)9-14(11(15)3)16(18)19-4/h9-10,13H,5-8H2,1-4H3. The maximum atomic E-state index is 11.7. The monoisotopic (exact) mass is 298 g/mol. The van der Waals surface area contributed by atoms with Crippen molar-refractivity contribution >= 4 is 17.6 Å². The molecule has 0 unspecified atom stereocenters. The zero-order chi connectivity index (χ0) is 15.1. The topological polar surface area (TPSA) is 35.5 Å². The van der Waals surface area contributed by atoms with Crippen molar-refractivity contribution in [3.8, 4) is 5.75 Å². The summed E-state index contributed by atoms with van der Waals surface area (Å²) < 4.78 is 10.8. The van der Waals surface area contributed by atoms with E-state index in [1.807, 2.05) is 6.92 Å². The van der Waals surface area contributed by atoms with Crippen molar-refractivity contribution in [1.82, 2.24) is 0 Å². The highest BCUT2D eigenvalue weighted by atomic mass is 35.5. The van der Waals surface area contributed by atoms with Gasteiger partial charge in [-0.15, -0.1) is 0 Å². The van der Waals surface area contributed by atoms with Crippen molar-refractivity contribution in [2.75, 3.05) is 7.11 Å². The molecule has 0 aliphatic heterocycles. The third-order valence-corrected chi connectivity index (χ3v) is 3.46. The highest BCUT2D eigenvalue weighted by Crippen LogP contribution is 2.29. The minimum atomic E-state index is -0.391. The average molecular weight is 299 g/mol. The molecule has 0 radical (unpaired) electrons. The number of rotatable bonds is 7. The summed E-state index contributed by atoms with van der Waals surface area (Å²) in [5, 5.41) is 0.484. The molecule has 112 valence electrons. The molecular weight excluding hydrogens is 276 g/mol. The number of halogens is 1. The predicted octanol–water partition coefficient (Wildman–Crippen LogP) is 4.78. The first-order valence-corrected chi connectivity index (χ1v) is 7.46. The van der Waals surface area contributed by atoms with Gasteiger partial charge in [-0.1, -0.05) is 38.3 Å². The van der Waals surface area contributed by atoms with E-state index in [2.05, 4.69) is 13.8 Å². The molecule has 0 saturated heterocycles. The third-order valence-electron chi connectivity index (χ3n) is 3.25. The van der Waals surface area contributed by atoms with Crippen LogP contribution in [0, 0.1) is 6.92 Å². The van der Waals surface area contributed by atoms with E-state index in [0.717, 1.165) is 31.2 Å². The lowest BCUT2D eigenvalue weighted by Crippen LogP contribution is -2.17. The molecule has 0 fully saturated rings. The summed E-state index contributed by atoms with van der Waals surface area (Å²) >= 11 is 6.07. The molecule has 1 rings (SSSR count). The minimum Gasteiger partial charge on any atom is -0.490 e. The Hall–Kier alpha value is -1.22. The minimum absolute atomic E-state index is 0.160. The third kappa shape index (κ3) is 4.41. The molecule has 4 heteroatoms. The van der Waals surface area contributed by atoms with Crippen molar-refractivity contribution in [2.45, 2.75) is 52.6 Å².